The zero-order valence-electron chi connectivity index (χ0n) is 10.5. The number of benzene rings is 2. The molecule has 0 saturated heterocycles. The van der Waals surface area contributed by atoms with E-state index in [2.05, 4.69) is 0 Å². The van der Waals surface area contributed by atoms with Gasteiger partial charge in [-0.25, -0.2) is 4.39 Å². The summed E-state index contributed by atoms with van der Waals surface area (Å²) in [6, 6.07) is 9.68. The summed E-state index contributed by atoms with van der Waals surface area (Å²) in [5, 5.41) is 9.73. The van der Waals surface area contributed by atoms with E-state index >= 15 is 0 Å². The van der Waals surface area contributed by atoms with E-state index < -0.39 is 0 Å². The van der Waals surface area contributed by atoms with Gasteiger partial charge in [-0.15, -0.1) is 0 Å². The number of hydrogen-bond acceptors (Lipinski definition) is 2. The first-order chi connectivity index (χ1) is 9.11. The lowest BCUT2D eigenvalue weighted by Gasteiger charge is -2.13. The molecular formula is C15H14ClFO2. The van der Waals surface area contributed by atoms with Gasteiger partial charge in [0.15, 0.2) is 0 Å². The third-order valence-corrected chi connectivity index (χ3v) is 3.21. The highest BCUT2D eigenvalue weighted by atomic mass is 35.5. The van der Waals surface area contributed by atoms with Crippen LogP contribution in [-0.2, 0) is 13.2 Å². The summed E-state index contributed by atoms with van der Waals surface area (Å²) in [6.45, 7) is 1.95. The van der Waals surface area contributed by atoms with Crippen molar-refractivity contribution >= 4 is 11.6 Å². The van der Waals surface area contributed by atoms with E-state index in [1.807, 2.05) is 19.1 Å². The average Bonchev–Trinajstić information content (AvgIpc) is 2.40. The second-order valence-electron chi connectivity index (χ2n) is 4.25. The van der Waals surface area contributed by atoms with Crippen molar-refractivity contribution in [3.05, 3.63) is 63.9 Å². The van der Waals surface area contributed by atoms with Gasteiger partial charge >= 0.3 is 0 Å². The van der Waals surface area contributed by atoms with Crippen molar-refractivity contribution in [1.29, 1.82) is 0 Å². The molecule has 0 unspecified atom stereocenters. The number of rotatable bonds is 4. The Kier molecular flexibility index (Phi) is 4.40. The predicted molar refractivity (Wildman–Crippen MR) is 72.8 cm³/mol. The molecule has 0 bridgehead atoms. The van der Waals surface area contributed by atoms with Gasteiger partial charge in [-0.1, -0.05) is 29.8 Å². The van der Waals surface area contributed by atoms with Crippen LogP contribution in [0, 0.1) is 12.7 Å². The van der Waals surface area contributed by atoms with Gasteiger partial charge in [0.05, 0.1) is 6.61 Å². The predicted octanol–water partition coefficient (Wildman–Crippen LogP) is 3.86. The molecular weight excluding hydrogens is 267 g/mol. The molecule has 4 heteroatoms. The van der Waals surface area contributed by atoms with Crippen molar-refractivity contribution in [1.82, 2.24) is 0 Å². The smallest absolute Gasteiger partial charge is 0.128 e. The summed E-state index contributed by atoms with van der Waals surface area (Å²) < 4.78 is 18.8. The Labute approximate surface area is 116 Å². The second kappa shape index (κ2) is 6.04. The van der Waals surface area contributed by atoms with Crippen LogP contribution < -0.4 is 4.74 Å². The fraction of sp³-hybridized carbons (Fsp3) is 0.200. The summed E-state index contributed by atoms with van der Waals surface area (Å²) in [5.74, 6) is 0.264. The number of halogens is 2. The molecule has 2 rings (SSSR count). The van der Waals surface area contributed by atoms with Gasteiger partial charge in [0.1, 0.15) is 18.2 Å². The van der Waals surface area contributed by atoms with Gasteiger partial charge in [0.2, 0.25) is 0 Å². The minimum Gasteiger partial charge on any atom is -0.488 e. The van der Waals surface area contributed by atoms with E-state index in [4.69, 9.17) is 16.3 Å². The summed E-state index contributed by atoms with van der Waals surface area (Å²) in [5.41, 5.74) is 2.19. The van der Waals surface area contributed by atoms with E-state index in [1.54, 1.807) is 6.07 Å². The standard InChI is InChI=1S/C15H14ClFO2/c1-10-3-2-4-11(8-18)15(10)19-9-12-7-13(17)5-6-14(12)16/h2-7,18H,8-9H2,1H3. The van der Waals surface area contributed by atoms with Crippen molar-refractivity contribution in [2.45, 2.75) is 20.1 Å². The highest BCUT2D eigenvalue weighted by Crippen LogP contribution is 2.26. The first kappa shape index (κ1) is 13.8. The van der Waals surface area contributed by atoms with Gasteiger partial charge in [0.25, 0.3) is 0 Å². The molecule has 0 aliphatic rings. The summed E-state index contributed by atoms with van der Waals surface area (Å²) in [4.78, 5) is 0. The Morgan fingerprint density at radius 2 is 2.00 bits per heavy atom. The van der Waals surface area contributed by atoms with Crippen LogP contribution >= 0.6 is 11.6 Å². The molecule has 0 fully saturated rings. The molecule has 0 atom stereocenters. The highest BCUT2D eigenvalue weighted by molar-refractivity contribution is 6.31. The van der Waals surface area contributed by atoms with Crippen LogP contribution in [0.1, 0.15) is 16.7 Å². The number of aryl methyl sites for hydroxylation is 1. The number of para-hydroxylation sites is 1. The number of aliphatic hydroxyl groups is 1. The monoisotopic (exact) mass is 280 g/mol. The SMILES string of the molecule is Cc1cccc(CO)c1OCc1cc(F)ccc1Cl. The summed E-state index contributed by atoms with van der Waals surface area (Å²) in [6.07, 6.45) is 0. The lowest BCUT2D eigenvalue weighted by Crippen LogP contribution is -2.01. The lowest BCUT2D eigenvalue weighted by molar-refractivity contribution is 0.258. The molecule has 0 amide bonds. The normalized spacial score (nSPS) is 10.5. The summed E-state index contributed by atoms with van der Waals surface area (Å²) in [7, 11) is 0. The third-order valence-electron chi connectivity index (χ3n) is 2.84. The zero-order chi connectivity index (χ0) is 13.8. The van der Waals surface area contributed by atoms with Crippen LogP contribution in [0.15, 0.2) is 36.4 Å². The molecule has 0 aromatic heterocycles. The first-order valence-corrected chi connectivity index (χ1v) is 6.25. The fourth-order valence-electron chi connectivity index (χ4n) is 1.85. The number of aliphatic hydroxyl groups excluding tert-OH is 1. The third kappa shape index (κ3) is 3.25. The van der Waals surface area contributed by atoms with E-state index in [9.17, 15) is 9.50 Å². The maximum absolute atomic E-state index is 13.1. The molecule has 0 saturated carbocycles. The van der Waals surface area contributed by atoms with E-state index in [0.717, 1.165) is 5.56 Å². The number of ether oxygens (including phenoxy) is 1. The van der Waals surface area contributed by atoms with Gasteiger partial charge in [-0.2, -0.15) is 0 Å². The molecule has 2 aromatic rings. The molecule has 0 heterocycles. The average molecular weight is 281 g/mol. The van der Waals surface area contributed by atoms with Crippen LogP contribution in [0.4, 0.5) is 4.39 Å². The van der Waals surface area contributed by atoms with Crippen molar-refractivity contribution in [2.75, 3.05) is 0 Å². The minimum absolute atomic E-state index is 0.103. The van der Waals surface area contributed by atoms with E-state index in [0.29, 0.717) is 21.9 Å². The Balaban J connectivity index is 2.21. The van der Waals surface area contributed by atoms with Crippen LogP contribution in [0.2, 0.25) is 5.02 Å². The van der Waals surface area contributed by atoms with Gasteiger partial charge in [-0.05, 0) is 30.7 Å². The zero-order valence-corrected chi connectivity index (χ0v) is 11.2. The Morgan fingerprint density at radius 3 is 2.74 bits per heavy atom. The molecule has 19 heavy (non-hydrogen) atoms. The number of hydrogen-bond donors (Lipinski definition) is 1. The van der Waals surface area contributed by atoms with E-state index in [1.165, 1.54) is 18.2 Å². The fourth-order valence-corrected chi connectivity index (χ4v) is 2.02. The van der Waals surface area contributed by atoms with Crippen LogP contribution in [-0.4, -0.2) is 5.11 Å². The van der Waals surface area contributed by atoms with Crippen LogP contribution in [0.3, 0.4) is 0 Å². The largest absolute Gasteiger partial charge is 0.488 e. The van der Waals surface area contributed by atoms with Crippen molar-refractivity contribution in [2.24, 2.45) is 0 Å². The maximum atomic E-state index is 13.1. The van der Waals surface area contributed by atoms with Gasteiger partial charge in [-0.3, -0.25) is 0 Å². The second-order valence-corrected chi connectivity index (χ2v) is 4.65. The Hall–Kier alpha value is -1.58. The van der Waals surface area contributed by atoms with Gasteiger partial charge < -0.3 is 9.84 Å². The van der Waals surface area contributed by atoms with E-state index in [-0.39, 0.29) is 19.0 Å². The van der Waals surface area contributed by atoms with Crippen molar-refractivity contribution in [3.63, 3.8) is 0 Å². The van der Waals surface area contributed by atoms with Crippen LogP contribution in [0.5, 0.6) is 5.75 Å². The minimum atomic E-state index is -0.352. The molecule has 2 aromatic carbocycles. The maximum Gasteiger partial charge on any atom is 0.128 e. The molecule has 0 radical (unpaired) electrons. The topological polar surface area (TPSA) is 29.5 Å². The molecule has 1 N–H and O–H groups in total. The van der Waals surface area contributed by atoms with Crippen LogP contribution in [0.25, 0.3) is 0 Å². The Bertz CT molecular complexity index is 584. The molecule has 0 spiro atoms. The molecule has 2 nitrogen and oxygen atoms in total. The first-order valence-electron chi connectivity index (χ1n) is 5.88. The highest BCUT2D eigenvalue weighted by Gasteiger charge is 2.08. The molecule has 0 aliphatic heterocycles. The van der Waals surface area contributed by atoms with Crippen molar-refractivity contribution < 1.29 is 14.2 Å². The summed E-state index contributed by atoms with van der Waals surface area (Å²) >= 11 is 5.98. The lowest BCUT2D eigenvalue weighted by atomic mass is 10.1. The van der Waals surface area contributed by atoms with Crippen molar-refractivity contribution in [3.8, 4) is 5.75 Å². The Morgan fingerprint density at radius 1 is 1.21 bits per heavy atom. The quantitative estimate of drug-likeness (QED) is 0.921. The molecule has 0 aliphatic carbocycles. The van der Waals surface area contributed by atoms with Gasteiger partial charge in [0, 0.05) is 16.1 Å². The molecule has 100 valence electrons.